The van der Waals surface area contributed by atoms with Gasteiger partial charge in [-0.3, -0.25) is 4.79 Å². The van der Waals surface area contributed by atoms with Gasteiger partial charge in [0.15, 0.2) is 0 Å². The van der Waals surface area contributed by atoms with Crippen molar-refractivity contribution >= 4 is 15.9 Å². The number of hydrogen-bond acceptors (Lipinski definition) is 5. The molecule has 0 aliphatic rings. The van der Waals surface area contributed by atoms with Gasteiger partial charge in [0, 0.05) is 29.0 Å². The standard InChI is InChI=1S/C23H21BrN2O4/c1-15-10-21(30-14-18-7-5-4-6-16(18)12-25)22(24)23(27)26(15)13-17-8-9-19(28-2)11-20(17)29-3/h4-11H,13-14H2,1-3H3. The molecule has 1 heterocycles. The zero-order valence-electron chi connectivity index (χ0n) is 16.9. The van der Waals surface area contributed by atoms with Gasteiger partial charge < -0.3 is 18.8 Å². The summed E-state index contributed by atoms with van der Waals surface area (Å²) in [5, 5.41) is 9.22. The highest BCUT2D eigenvalue weighted by atomic mass is 79.9. The molecule has 0 aliphatic carbocycles. The number of rotatable bonds is 7. The average molecular weight is 469 g/mol. The smallest absolute Gasteiger partial charge is 0.269 e. The Balaban J connectivity index is 1.88. The van der Waals surface area contributed by atoms with Crippen molar-refractivity contribution in [2.24, 2.45) is 0 Å². The molecule has 3 rings (SSSR count). The fraction of sp³-hybridized carbons (Fsp3) is 0.217. The summed E-state index contributed by atoms with van der Waals surface area (Å²) in [6, 6.07) is 16.7. The normalized spacial score (nSPS) is 10.4. The van der Waals surface area contributed by atoms with Crippen molar-refractivity contribution in [1.29, 1.82) is 5.26 Å². The molecule has 0 saturated heterocycles. The topological polar surface area (TPSA) is 73.5 Å². The van der Waals surface area contributed by atoms with Gasteiger partial charge in [-0.25, -0.2) is 0 Å². The highest BCUT2D eigenvalue weighted by Crippen LogP contribution is 2.27. The van der Waals surface area contributed by atoms with Crippen molar-refractivity contribution < 1.29 is 14.2 Å². The second kappa shape index (κ2) is 9.51. The Bertz CT molecular complexity index is 1160. The minimum atomic E-state index is -0.212. The minimum Gasteiger partial charge on any atom is -0.497 e. The summed E-state index contributed by atoms with van der Waals surface area (Å²) in [6.07, 6.45) is 0. The summed E-state index contributed by atoms with van der Waals surface area (Å²) in [6.45, 7) is 2.38. The Morgan fingerprint density at radius 2 is 1.80 bits per heavy atom. The number of aryl methyl sites for hydroxylation is 1. The Morgan fingerprint density at radius 1 is 1.03 bits per heavy atom. The van der Waals surface area contributed by atoms with Gasteiger partial charge in [-0.1, -0.05) is 18.2 Å². The van der Waals surface area contributed by atoms with Gasteiger partial charge >= 0.3 is 0 Å². The maximum absolute atomic E-state index is 13.0. The average Bonchev–Trinajstić information content (AvgIpc) is 2.78. The van der Waals surface area contributed by atoms with Crippen LogP contribution in [0.15, 0.2) is 57.8 Å². The van der Waals surface area contributed by atoms with Crippen LogP contribution < -0.4 is 19.8 Å². The predicted octanol–water partition coefficient (Wildman–Crippen LogP) is 4.44. The molecule has 0 unspecified atom stereocenters. The molecule has 154 valence electrons. The molecular weight excluding hydrogens is 448 g/mol. The molecule has 2 aromatic carbocycles. The van der Waals surface area contributed by atoms with Crippen LogP contribution in [0.2, 0.25) is 0 Å². The first-order valence-electron chi connectivity index (χ1n) is 9.20. The minimum absolute atomic E-state index is 0.192. The lowest BCUT2D eigenvalue weighted by atomic mass is 10.1. The summed E-state index contributed by atoms with van der Waals surface area (Å²) < 4.78 is 18.5. The van der Waals surface area contributed by atoms with E-state index in [4.69, 9.17) is 14.2 Å². The van der Waals surface area contributed by atoms with E-state index >= 15 is 0 Å². The quantitative estimate of drug-likeness (QED) is 0.512. The maximum atomic E-state index is 13.0. The molecule has 1 aromatic heterocycles. The molecule has 0 N–H and O–H groups in total. The number of ether oxygens (including phenoxy) is 3. The molecule has 0 bridgehead atoms. The van der Waals surface area contributed by atoms with Crippen LogP contribution in [0.3, 0.4) is 0 Å². The summed E-state index contributed by atoms with van der Waals surface area (Å²) in [5.74, 6) is 1.76. The largest absolute Gasteiger partial charge is 0.497 e. The number of halogens is 1. The number of methoxy groups -OCH3 is 2. The van der Waals surface area contributed by atoms with Gasteiger partial charge in [0.2, 0.25) is 0 Å². The van der Waals surface area contributed by atoms with Crippen molar-refractivity contribution in [3.05, 3.63) is 85.7 Å². The van der Waals surface area contributed by atoms with Crippen LogP contribution >= 0.6 is 15.9 Å². The van der Waals surface area contributed by atoms with E-state index in [1.54, 1.807) is 43.1 Å². The monoisotopic (exact) mass is 468 g/mol. The van der Waals surface area contributed by atoms with Crippen LogP contribution in [0.25, 0.3) is 0 Å². The third-order valence-electron chi connectivity index (χ3n) is 4.76. The fourth-order valence-corrected chi connectivity index (χ4v) is 3.52. The highest BCUT2D eigenvalue weighted by Gasteiger charge is 2.15. The number of pyridine rings is 1. The molecule has 0 aliphatic heterocycles. The van der Waals surface area contributed by atoms with Gasteiger partial charge in [-0.05, 0) is 41.1 Å². The van der Waals surface area contributed by atoms with E-state index in [1.807, 2.05) is 31.2 Å². The van der Waals surface area contributed by atoms with Crippen LogP contribution in [-0.2, 0) is 13.2 Å². The maximum Gasteiger partial charge on any atom is 0.269 e. The first-order chi connectivity index (χ1) is 14.5. The molecule has 0 atom stereocenters. The van der Waals surface area contributed by atoms with E-state index in [1.165, 1.54) is 0 Å². The zero-order chi connectivity index (χ0) is 21.7. The summed E-state index contributed by atoms with van der Waals surface area (Å²) in [4.78, 5) is 13.0. The van der Waals surface area contributed by atoms with Gasteiger partial charge in [-0.15, -0.1) is 0 Å². The Labute approximate surface area is 183 Å². The zero-order valence-corrected chi connectivity index (χ0v) is 18.5. The van der Waals surface area contributed by atoms with Crippen molar-refractivity contribution in [1.82, 2.24) is 4.57 Å². The van der Waals surface area contributed by atoms with E-state index in [9.17, 15) is 10.1 Å². The number of hydrogen-bond donors (Lipinski definition) is 0. The molecule has 0 fully saturated rings. The van der Waals surface area contributed by atoms with Gasteiger partial charge in [0.1, 0.15) is 28.3 Å². The van der Waals surface area contributed by atoms with Gasteiger partial charge in [0.05, 0.1) is 32.4 Å². The van der Waals surface area contributed by atoms with E-state index < -0.39 is 0 Å². The van der Waals surface area contributed by atoms with Crippen LogP contribution in [-0.4, -0.2) is 18.8 Å². The van der Waals surface area contributed by atoms with Crippen molar-refractivity contribution in [2.75, 3.05) is 14.2 Å². The van der Waals surface area contributed by atoms with Crippen molar-refractivity contribution in [2.45, 2.75) is 20.1 Å². The molecule has 0 spiro atoms. The second-order valence-corrected chi connectivity index (χ2v) is 7.38. The van der Waals surface area contributed by atoms with Crippen LogP contribution in [0, 0.1) is 18.3 Å². The molecule has 0 amide bonds. The lowest BCUT2D eigenvalue weighted by molar-refractivity contribution is 0.302. The highest BCUT2D eigenvalue weighted by molar-refractivity contribution is 9.10. The van der Waals surface area contributed by atoms with E-state index in [-0.39, 0.29) is 12.2 Å². The van der Waals surface area contributed by atoms with Crippen LogP contribution in [0.5, 0.6) is 17.2 Å². The van der Waals surface area contributed by atoms with Gasteiger partial charge in [-0.2, -0.15) is 5.26 Å². The first kappa shape index (κ1) is 21.5. The van der Waals surface area contributed by atoms with E-state index in [2.05, 4.69) is 22.0 Å². The SMILES string of the molecule is COc1ccc(Cn2c(C)cc(OCc3ccccc3C#N)c(Br)c2=O)c(OC)c1. The molecule has 0 radical (unpaired) electrons. The van der Waals surface area contributed by atoms with Crippen LogP contribution in [0.4, 0.5) is 0 Å². The predicted molar refractivity (Wildman–Crippen MR) is 117 cm³/mol. The molecule has 3 aromatic rings. The molecule has 7 heteroatoms. The van der Waals surface area contributed by atoms with Crippen molar-refractivity contribution in [3.63, 3.8) is 0 Å². The number of benzene rings is 2. The summed E-state index contributed by atoms with van der Waals surface area (Å²) in [5.41, 5.74) is 2.69. The molecule has 6 nitrogen and oxygen atoms in total. The third-order valence-corrected chi connectivity index (χ3v) is 5.49. The summed E-state index contributed by atoms with van der Waals surface area (Å²) in [7, 11) is 3.17. The Hall–Kier alpha value is -3.24. The van der Waals surface area contributed by atoms with Gasteiger partial charge in [0.25, 0.3) is 5.56 Å². The molecule has 30 heavy (non-hydrogen) atoms. The Kier molecular flexibility index (Phi) is 6.80. The number of aromatic nitrogens is 1. The lowest BCUT2D eigenvalue weighted by Gasteiger charge is -2.16. The second-order valence-electron chi connectivity index (χ2n) is 6.59. The third kappa shape index (κ3) is 4.50. The number of nitriles is 1. The molecular formula is C23H21BrN2O4. The van der Waals surface area contributed by atoms with Crippen LogP contribution in [0.1, 0.15) is 22.4 Å². The van der Waals surface area contributed by atoms with Crippen molar-refractivity contribution in [3.8, 4) is 23.3 Å². The summed E-state index contributed by atoms with van der Waals surface area (Å²) >= 11 is 3.37. The molecule has 0 saturated carbocycles. The fourth-order valence-electron chi connectivity index (χ4n) is 3.08. The van der Waals surface area contributed by atoms with E-state index in [0.29, 0.717) is 33.8 Å². The first-order valence-corrected chi connectivity index (χ1v) is 9.99. The number of nitrogens with zero attached hydrogens (tertiary/aromatic N) is 2. The Morgan fingerprint density at radius 3 is 2.50 bits per heavy atom. The lowest BCUT2D eigenvalue weighted by Crippen LogP contribution is -2.24. The van der Waals surface area contributed by atoms with E-state index in [0.717, 1.165) is 16.8 Å².